The summed E-state index contributed by atoms with van der Waals surface area (Å²) >= 11 is 3.52. The van der Waals surface area contributed by atoms with Crippen LogP contribution in [-0.4, -0.2) is 9.55 Å². The van der Waals surface area contributed by atoms with E-state index >= 15 is 0 Å². The molecule has 0 radical (unpaired) electrons. The molecule has 1 atom stereocenters. The van der Waals surface area contributed by atoms with Crippen LogP contribution in [0, 0.1) is 6.92 Å². The lowest BCUT2D eigenvalue weighted by molar-refractivity contribution is 0.720. The van der Waals surface area contributed by atoms with Crippen molar-refractivity contribution in [3.05, 3.63) is 100 Å². The summed E-state index contributed by atoms with van der Waals surface area (Å²) in [6, 6.07) is 25.5. The van der Waals surface area contributed by atoms with Gasteiger partial charge >= 0.3 is 0 Å². The zero-order chi connectivity index (χ0) is 18.4. The van der Waals surface area contributed by atoms with Crippen molar-refractivity contribution < 1.29 is 0 Å². The summed E-state index contributed by atoms with van der Waals surface area (Å²) < 4.78 is 3.35. The number of hydrogen-bond donors (Lipinski definition) is 1. The Hall–Kier alpha value is -2.85. The van der Waals surface area contributed by atoms with Gasteiger partial charge in [0.2, 0.25) is 5.95 Å². The molecule has 5 rings (SSSR count). The smallest absolute Gasteiger partial charge is 0.209 e. The average molecular weight is 416 g/mol. The van der Waals surface area contributed by atoms with E-state index < -0.39 is 0 Å². The predicted molar refractivity (Wildman–Crippen MR) is 115 cm³/mol. The molecule has 1 aliphatic heterocycles. The van der Waals surface area contributed by atoms with Crippen LogP contribution in [0.25, 0.3) is 16.7 Å². The number of para-hydroxylation sites is 2. The van der Waals surface area contributed by atoms with E-state index in [1.165, 1.54) is 11.1 Å². The Labute approximate surface area is 166 Å². The number of aryl methyl sites for hydroxylation is 1. The number of fused-ring (bicyclic) bond motifs is 3. The van der Waals surface area contributed by atoms with Crippen molar-refractivity contribution in [2.75, 3.05) is 5.32 Å². The van der Waals surface area contributed by atoms with E-state index in [-0.39, 0.29) is 6.04 Å². The molecule has 0 fully saturated rings. The zero-order valence-corrected chi connectivity index (χ0v) is 16.4. The SMILES string of the molecule is Cc1ccc(C2C=C(c3ccc(Br)cc3)Nc3nc4ccccc4n32)cc1. The van der Waals surface area contributed by atoms with E-state index in [0.29, 0.717) is 0 Å². The Balaban J connectivity index is 1.71. The zero-order valence-electron chi connectivity index (χ0n) is 14.9. The van der Waals surface area contributed by atoms with Crippen molar-refractivity contribution in [1.82, 2.24) is 9.55 Å². The van der Waals surface area contributed by atoms with E-state index in [0.717, 1.165) is 32.7 Å². The molecule has 2 heterocycles. The maximum absolute atomic E-state index is 4.84. The lowest BCUT2D eigenvalue weighted by atomic mass is 10.00. The molecule has 0 saturated carbocycles. The third-order valence-electron chi connectivity index (χ3n) is 5.02. The normalized spacial score (nSPS) is 15.9. The van der Waals surface area contributed by atoms with Gasteiger partial charge in [-0.2, -0.15) is 0 Å². The van der Waals surface area contributed by atoms with Gasteiger partial charge in [0.05, 0.1) is 17.1 Å². The third-order valence-corrected chi connectivity index (χ3v) is 5.55. The minimum absolute atomic E-state index is 0.0906. The van der Waals surface area contributed by atoms with Gasteiger partial charge in [-0.25, -0.2) is 4.98 Å². The Bertz CT molecular complexity index is 1150. The fourth-order valence-corrected chi connectivity index (χ4v) is 3.88. The van der Waals surface area contributed by atoms with Crippen LogP contribution in [0.1, 0.15) is 22.7 Å². The van der Waals surface area contributed by atoms with Gasteiger partial charge in [0, 0.05) is 10.2 Å². The molecule has 0 spiro atoms. The van der Waals surface area contributed by atoms with Crippen LogP contribution in [0.4, 0.5) is 5.95 Å². The van der Waals surface area contributed by atoms with Crippen molar-refractivity contribution in [3.8, 4) is 0 Å². The van der Waals surface area contributed by atoms with E-state index in [1.54, 1.807) is 0 Å². The lowest BCUT2D eigenvalue weighted by Gasteiger charge is -2.26. The van der Waals surface area contributed by atoms with Gasteiger partial charge < -0.3 is 5.32 Å². The van der Waals surface area contributed by atoms with Crippen LogP contribution in [0.15, 0.2) is 83.3 Å². The van der Waals surface area contributed by atoms with Crippen molar-refractivity contribution in [2.45, 2.75) is 13.0 Å². The second kappa shape index (κ2) is 6.39. The van der Waals surface area contributed by atoms with Crippen LogP contribution in [0.2, 0.25) is 0 Å². The summed E-state index contributed by atoms with van der Waals surface area (Å²) in [6.07, 6.45) is 2.29. The molecule has 132 valence electrons. The number of halogens is 1. The minimum Gasteiger partial charge on any atom is -0.325 e. The quantitative estimate of drug-likeness (QED) is 0.424. The molecule has 3 aromatic carbocycles. The van der Waals surface area contributed by atoms with Crippen molar-refractivity contribution >= 4 is 38.6 Å². The first-order chi connectivity index (χ1) is 13.2. The van der Waals surface area contributed by atoms with Crippen molar-refractivity contribution in [2.24, 2.45) is 0 Å². The van der Waals surface area contributed by atoms with Gasteiger partial charge in [-0.3, -0.25) is 4.57 Å². The monoisotopic (exact) mass is 415 g/mol. The summed E-state index contributed by atoms with van der Waals surface area (Å²) in [6.45, 7) is 2.12. The molecule has 1 aliphatic rings. The molecule has 4 heteroatoms. The van der Waals surface area contributed by atoms with Crippen LogP contribution in [0.3, 0.4) is 0 Å². The molecule has 1 aromatic heterocycles. The van der Waals surface area contributed by atoms with E-state index in [9.17, 15) is 0 Å². The topological polar surface area (TPSA) is 29.9 Å². The molecule has 0 saturated heterocycles. The second-order valence-electron chi connectivity index (χ2n) is 6.86. The first kappa shape index (κ1) is 16.3. The van der Waals surface area contributed by atoms with Crippen molar-refractivity contribution in [1.29, 1.82) is 0 Å². The van der Waals surface area contributed by atoms with Gasteiger partial charge in [-0.05, 0) is 48.4 Å². The fraction of sp³-hybridized carbons (Fsp3) is 0.0870. The Morgan fingerprint density at radius 3 is 2.44 bits per heavy atom. The highest BCUT2D eigenvalue weighted by atomic mass is 79.9. The third kappa shape index (κ3) is 2.86. The van der Waals surface area contributed by atoms with Crippen LogP contribution >= 0.6 is 15.9 Å². The van der Waals surface area contributed by atoms with Crippen LogP contribution in [-0.2, 0) is 0 Å². The number of aromatic nitrogens is 2. The number of allylic oxidation sites excluding steroid dienone is 1. The summed E-state index contributed by atoms with van der Waals surface area (Å²) in [5.74, 6) is 0.877. The molecular weight excluding hydrogens is 398 g/mol. The van der Waals surface area contributed by atoms with Gasteiger partial charge in [0.25, 0.3) is 0 Å². The maximum atomic E-state index is 4.84. The molecule has 3 nitrogen and oxygen atoms in total. The van der Waals surface area contributed by atoms with Gasteiger partial charge in [-0.1, -0.05) is 70.0 Å². The molecule has 0 bridgehead atoms. The maximum Gasteiger partial charge on any atom is 0.209 e. The molecule has 0 aliphatic carbocycles. The second-order valence-corrected chi connectivity index (χ2v) is 7.78. The standard InChI is InChI=1S/C23H18BrN3/c1-15-6-8-17(9-7-15)22-14-20(16-10-12-18(24)13-11-16)26-23-25-19-4-2-3-5-21(19)27(22)23/h2-14,22H,1H3,(H,25,26). The largest absolute Gasteiger partial charge is 0.325 e. The van der Waals surface area contributed by atoms with E-state index in [4.69, 9.17) is 4.98 Å². The Morgan fingerprint density at radius 1 is 0.926 bits per heavy atom. The van der Waals surface area contributed by atoms with Gasteiger partial charge in [0.15, 0.2) is 0 Å². The number of hydrogen-bond acceptors (Lipinski definition) is 2. The number of benzene rings is 3. The summed E-state index contributed by atoms with van der Waals surface area (Å²) in [4.78, 5) is 4.84. The Kier molecular flexibility index (Phi) is 3.87. The van der Waals surface area contributed by atoms with Crippen LogP contribution in [0.5, 0.6) is 0 Å². The molecular formula is C23H18BrN3. The number of imidazole rings is 1. The van der Waals surface area contributed by atoms with Crippen molar-refractivity contribution in [3.63, 3.8) is 0 Å². The predicted octanol–water partition coefficient (Wildman–Crippen LogP) is 6.16. The van der Waals surface area contributed by atoms with E-state index in [1.807, 2.05) is 6.07 Å². The number of nitrogens with one attached hydrogen (secondary N) is 1. The number of anilines is 1. The molecule has 1 unspecified atom stereocenters. The molecule has 27 heavy (non-hydrogen) atoms. The number of rotatable bonds is 2. The summed E-state index contributed by atoms with van der Waals surface area (Å²) in [5.41, 5.74) is 6.88. The lowest BCUT2D eigenvalue weighted by Crippen LogP contribution is -2.19. The first-order valence-electron chi connectivity index (χ1n) is 8.97. The highest BCUT2D eigenvalue weighted by Crippen LogP contribution is 2.37. The molecule has 1 N–H and O–H groups in total. The summed E-state index contributed by atoms with van der Waals surface area (Å²) in [5, 5.41) is 3.53. The molecule has 0 amide bonds. The van der Waals surface area contributed by atoms with E-state index in [2.05, 4.69) is 106 Å². The first-order valence-corrected chi connectivity index (χ1v) is 9.77. The molecule has 4 aromatic rings. The highest BCUT2D eigenvalue weighted by Gasteiger charge is 2.25. The Morgan fingerprint density at radius 2 is 1.67 bits per heavy atom. The average Bonchev–Trinajstić information content (AvgIpc) is 3.07. The highest BCUT2D eigenvalue weighted by molar-refractivity contribution is 9.10. The fourth-order valence-electron chi connectivity index (χ4n) is 3.62. The van der Waals surface area contributed by atoms with Gasteiger partial charge in [0.1, 0.15) is 0 Å². The number of nitrogens with zero attached hydrogens (tertiary/aromatic N) is 2. The van der Waals surface area contributed by atoms with Crippen LogP contribution < -0.4 is 5.32 Å². The van der Waals surface area contributed by atoms with Gasteiger partial charge in [-0.15, -0.1) is 0 Å². The minimum atomic E-state index is 0.0906. The summed E-state index contributed by atoms with van der Waals surface area (Å²) in [7, 11) is 0.